The molecule has 0 radical (unpaired) electrons. The minimum absolute atomic E-state index is 0.476. The van der Waals surface area contributed by atoms with Crippen LogP contribution in [0.2, 0.25) is 0 Å². The summed E-state index contributed by atoms with van der Waals surface area (Å²) in [4.78, 5) is 0.476. The van der Waals surface area contributed by atoms with Gasteiger partial charge in [0.15, 0.2) is 0 Å². The summed E-state index contributed by atoms with van der Waals surface area (Å²) >= 11 is 0. The highest BCUT2D eigenvalue weighted by atomic mass is 32.2. The van der Waals surface area contributed by atoms with Gasteiger partial charge in [-0.1, -0.05) is 19.9 Å². The van der Waals surface area contributed by atoms with Crippen molar-refractivity contribution in [1.29, 1.82) is 0 Å². The van der Waals surface area contributed by atoms with Gasteiger partial charge in [-0.05, 0) is 37.0 Å². The molecule has 0 saturated carbocycles. The summed E-state index contributed by atoms with van der Waals surface area (Å²) in [6.45, 7) is 7.71. The van der Waals surface area contributed by atoms with Crippen molar-refractivity contribution in [1.82, 2.24) is 4.31 Å². The first-order valence-corrected chi connectivity index (χ1v) is 8.32. The third kappa shape index (κ3) is 2.49. The molecule has 0 spiro atoms. The minimum Gasteiger partial charge on any atom is -0.385 e. The van der Waals surface area contributed by atoms with Gasteiger partial charge < -0.3 is 5.32 Å². The van der Waals surface area contributed by atoms with Crippen LogP contribution in [0.15, 0.2) is 17.0 Å². The number of anilines is 1. The van der Waals surface area contributed by atoms with E-state index in [1.807, 2.05) is 26.8 Å². The Bertz CT molecular complexity index is 563. The maximum absolute atomic E-state index is 12.7. The fraction of sp³-hybridized carbons (Fsp3) is 0.571. The summed E-state index contributed by atoms with van der Waals surface area (Å²) in [5.74, 6) is 0. The van der Waals surface area contributed by atoms with Gasteiger partial charge in [-0.15, -0.1) is 0 Å². The third-order valence-corrected chi connectivity index (χ3v) is 5.84. The lowest BCUT2D eigenvalue weighted by Crippen LogP contribution is -2.32. The normalized spacial score (nSPS) is 15.2. The van der Waals surface area contributed by atoms with Gasteiger partial charge in [0.25, 0.3) is 0 Å². The van der Waals surface area contributed by atoms with Crippen LogP contribution in [0.4, 0.5) is 5.69 Å². The summed E-state index contributed by atoms with van der Waals surface area (Å²) in [6, 6.07) is 3.66. The molecular weight excluding hydrogens is 260 g/mol. The maximum atomic E-state index is 12.7. The van der Waals surface area contributed by atoms with Crippen molar-refractivity contribution in [3.05, 3.63) is 23.3 Å². The summed E-state index contributed by atoms with van der Waals surface area (Å²) in [5, 5.41) is 3.34. The van der Waals surface area contributed by atoms with Crippen molar-refractivity contribution in [2.45, 2.75) is 38.5 Å². The number of sulfonamides is 1. The van der Waals surface area contributed by atoms with Crippen LogP contribution < -0.4 is 5.32 Å². The van der Waals surface area contributed by atoms with E-state index >= 15 is 0 Å². The first-order valence-electron chi connectivity index (χ1n) is 6.88. The summed E-state index contributed by atoms with van der Waals surface area (Å²) < 4.78 is 26.9. The van der Waals surface area contributed by atoms with Crippen molar-refractivity contribution in [2.75, 3.05) is 25.0 Å². The van der Waals surface area contributed by atoms with Gasteiger partial charge in [0, 0.05) is 25.3 Å². The topological polar surface area (TPSA) is 49.4 Å². The number of nitrogens with zero attached hydrogens (tertiary/aromatic N) is 1. The molecule has 0 atom stereocenters. The molecule has 1 aliphatic heterocycles. The van der Waals surface area contributed by atoms with Gasteiger partial charge in [-0.3, -0.25) is 0 Å². The van der Waals surface area contributed by atoms with Crippen LogP contribution in [-0.2, 0) is 16.4 Å². The Morgan fingerprint density at radius 1 is 1.26 bits per heavy atom. The molecule has 5 heteroatoms. The van der Waals surface area contributed by atoms with Gasteiger partial charge >= 0.3 is 0 Å². The van der Waals surface area contributed by atoms with Crippen molar-refractivity contribution in [3.8, 4) is 0 Å². The highest BCUT2D eigenvalue weighted by molar-refractivity contribution is 7.89. The van der Waals surface area contributed by atoms with E-state index in [4.69, 9.17) is 0 Å². The zero-order valence-electron chi connectivity index (χ0n) is 11.9. The molecule has 1 aromatic carbocycles. The molecule has 1 heterocycles. The molecule has 4 nitrogen and oxygen atoms in total. The maximum Gasteiger partial charge on any atom is 0.243 e. The van der Waals surface area contributed by atoms with E-state index < -0.39 is 10.0 Å². The lowest BCUT2D eigenvalue weighted by Gasteiger charge is -2.26. The minimum atomic E-state index is -3.37. The van der Waals surface area contributed by atoms with Crippen LogP contribution in [0.25, 0.3) is 0 Å². The van der Waals surface area contributed by atoms with Crippen LogP contribution in [0, 0.1) is 6.92 Å². The number of benzene rings is 1. The molecular formula is C14H22N2O2S. The lowest BCUT2D eigenvalue weighted by molar-refractivity contribution is 0.444. The van der Waals surface area contributed by atoms with Crippen LogP contribution in [0.3, 0.4) is 0 Å². The zero-order chi connectivity index (χ0) is 14.0. The fourth-order valence-corrected chi connectivity index (χ4v) is 4.38. The second-order valence-corrected chi connectivity index (χ2v) is 6.76. The molecule has 2 rings (SSSR count). The van der Waals surface area contributed by atoms with Crippen LogP contribution >= 0.6 is 0 Å². The number of rotatable bonds is 4. The van der Waals surface area contributed by atoms with Gasteiger partial charge in [0.2, 0.25) is 10.0 Å². The fourth-order valence-electron chi connectivity index (χ4n) is 2.66. The number of hydrogen-bond acceptors (Lipinski definition) is 3. The van der Waals surface area contributed by atoms with E-state index in [0.29, 0.717) is 18.0 Å². The standard InChI is InChI=1S/C14H22N2O2S/c1-4-16(5-2)19(17,18)13-9-8-11(3)14-12(13)7-6-10-15-14/h8-9,15H,4-7,10H2,1-3H3. The molecule has 0 amide bonds. The quantitative estimate of drug-likeness (QED) is 0.922. The largest absolute Gasteiger partial charge is 0.385 e. The molecule has 0 saturated heterocycles. The van der Waals surface area contributed by atoms with E-state index in [0.717, 1.165) is 36.2 Å². The van der Waals surface area contributed by atoms with E-state index in [1.54, 1.807) is 6.07 Å². The Morgan fingerprint density at radius 3 is 2.58 bits per heavy atom. The monoisotopic (exact) mass is 282 g/mol. The highest BCUT2D eigenvalue weighted by Crippen LogP contribution is 2.32. The van der Waals surface area contributed by atoms with Crippen LogP contribution in [-0.4, -0.2) is 32.4 Å². The Labute approximate surface area is 115 Å². The number of fused-ring (bicyclic) bond motifs is 1. The molecule has 0 bridgehead atoms. The summed E-state index contributed by atoms with van der Waals surface area (Å²) in [6.07, 6.45) is 1.82. The van der Waals surface area contributed by atoms with E-state index in [9.17, 15) is 8.42 Å². The molecule has 106 valence electrons. The van der Waals surface area contributed by atoms with E-state index in [-0.39, 0.29) is 0 Å². The van der Waals surface area contributed by atoms with Gasteiger partial charge in [0.05, 0.1) is 4.90 Å². The van der Waals surface area contributed by atoms with E-state index in [2.05, 4.69) is 5.32 Å². The molecule has 1 aromatic rings. The predicted molar refractivity (Wildman–Crippen MR) is 78.1 cm³/mol. The Morgan fingerprint density at radius 2 is 1.95 bits per heavy atom. The average Bonchev–Trinajstić information content (AvgIpc) is 2.40. The first kappa shape index (κ1) is 14.3. The smallest absolute Gasteiger partial charge is 0.243 e. The summed E-state index contributed by atoms with van der Waals surface area (Å²) in [5.41, 5.74) is 3.09. The number of nitrogens with one attached hydrogen (secondary N) is 1. The highest BCUT2D eigenvalue weighted by Gasteiger charge is 2.27. The van der Waals surface area contributed by atoms with Crippen LogP contribution in [0.5, 0.6) is 0 Å². The zero-order valence-corrected chi connectivity index (χ0v) is 12.7. The average molecular weight is 282 g/mol. The third-order valence-electron chi connectivity index (χ3n) is 3.71. The van der Waals surface area contributed by atoms with Gasteiger partial charge in [0.1, 0.15) is 0 Å². The van der Waals surface area contributed by atoms with Crippen molar-refractivity contribution in [2.24, 2.45) is 0 Å². The summed E-state index contributed by atoms with van der Waals surface area (Å²) in [7, 11) is -3.37. The molecule has 0 aromatic heterocycles. The second kappa shape index (κ2) is 5.51. The van der Waals surface area contributed by atoms with E-state index in [1.165, 1.54) is 4.31 Å². The Kier molecular flexibility index (Phi) is 4.16. The van der Waals surface area contributed by atoms with Crippen molar-refractivity contribution in [3.63, 3.8) is 0 Å². The Balaban J connectivity index is 2.57. The van der Waals surface area contributed by atoms with Crippen molar-refractivity contribution >= 4 is 15.7 Å². The van der Waals surface area contributed by atoms with Crippen LogP contribution in [0.1, 0.15) is 31.4 Å². The lowest BCUT2D eigenvalue weighted by atomic mass is 10.00. The van der Waals surface area contributed by atoms with Crippen molar-refractivity contribution < 1.29 is 8.42 Å². The SMILES string of the molecule is CCN(CC)S(=O)(=O)c1ccc(C)c2c1CCCN2. The molecule has 1 N–H and O–H groups in total. The molecule has 19 heavy (non-hydrogen) atoms. The van der Waals surface area contributed by atoms with Gasteiger partial charge in [-0.25, -0.2) is 8.42 Å². The molecule has 0 unspecified atom stereocenters. The Hall–Kier alpha value is -1.07. The number of hydrogen-bond donors (Lipinski definition) is 1. The second-order valence-electron chi connectivity index (χ2n) is 4.85. The number of aryl methyl sites for hydroxylation is 1. The first-order chi connectivity index (χ1) is 9.02. The molecule has 0 aliphatic carbocycles. The predicted octanol–water partition coefficient (Wildman–Crippen LogP) is 2.38. The molecule has 0 fully saturated rings. The molecule has 1 aliphatic rings. The van der Waals surface area contributed by atoms with Gasteiger partial charge in [-0.2, -0.15) is 4.31 Å².